The second-order valence-electron chi connectivity index (χ2n) is 9.47. The molecule has 6 nitrogen and oxygen atoms in total. The molecule has 0 aliphatic rings. The monoisotopic (exact) mass is 627 g/mol. The van der Waals surface area contributed by atoms with Gasteiger partial charge in [0.25, 0.3) is 0 Å². The van der Waals surface area contributed by atoms with Crippen LogP contribution in [0.3, 0.4) is 0 Å². The van der Waals surface area contributed by atoms with Gasteiger partial charge in [-0.3, -0.25) is 0 Å². The second kappa shape index (κ2) is 13.5. The van der Waals surface area contributed by atoms with E-state index >= 15 is 0 Å². The first kappa shape index (κ1) is 31.8. The van der Waals surface area contributed by atoms with Crippen molar-refractivity contribution in [1.29, 1.82) is 0 Å². The lowest BCUT2D eigenvalue weighted by Gasteiger charge is -2.12. The number of aliphatic carboxylic acids is 1. The average molecular weight is 628 g/mol. The first-order valence-electron chi connectivity index (χ1n) is 12.7. The van der Waals surface area contributed by atoms with Crippen molar-refractivity contribution in [2.75, 3.05) is 12.9 Å². The van der Waals surface area contributed by atoms with E-state index < -0.39 is 34.5 Å². The number of hydrogen-bond acceptors (Lipinski definition) is 5. The molecule has 0 aliphatic carbocycles. The summed E-state index contributed by atoms with van der Waals surface area (Å²) in [5, 5.41) is 8.78. The van der Waals surface area contributed by atoms with Crippen LogP contribution in [0, 0.1) is 18.8 Å². The Morgan fingerprint density at radius 2 is 1.63 bits per heavy atom. The smallest absolute Gasteiger partial charge is 0.416 e. The van der Waals surface area contributed by atoms with E-state index in [9.17, 15) is 26.7 Å². The summed E-state index contributed by atoms with van der Waals surface area (Å²) in [6, 6.07) is 21.7. The first-order valence-corrected chi connectivity index (χ1v) is 15.4. The SMILES string of the molecule is Cc1cc(Sc2cc(C#Cc3ccc([S+](C)(=O)O)cc3)cc(Oc3cccc(C(F)(F)F)c3)c2)ccc1COCC(=O)O. The summed E-state index contributed by atoms with van der Waals surface area (Å²) in [5.41, 5.74) is 2.04. The van der Waals surface area contributed by atoms with E-state index in [0.29, 0.717) is 16.0 Å². The molecule has 0 aromatic heterocycles. The van der Waals surface area contributed by atoms with Gasteiger partial charge in [-0.2, -0.15) is 17.7 Å². The molecule has 0 amide bonds. The van der Waals surface area contributed by atoms with E-state index in [2.05, 4.69) is 11.8 Å². The molecule has 0 bridgehead atoms. The minimum atomic E-state index is -4.52. The molecule has 0 spiro atoms. The zero-order chi connectivity index (χ0) is 31.2. The summed E-state index contributed by atoms with van der Waals surface area (Å²) in [6.45, 7) is 1.63. The lowest BCUT2D eigenvalue weighted by molar-refractivity contribution is -0.142. The summed E-state index contributed by atoms with van der Waals surface area (Å²) >= 11 is 1.39. The van der Waals surface area contributed by atoms with Gasteiger partial charge in [0.1, 0.15) is 24.4 Å². The van der Waals surface area contributed by atoms with Crippen LogP contribution in [0.5, 0.6) is 11.5 Å². The van der Waals surface area contributed by atoms with Crippen LogP contribution >= 0.6 is 11.8 Å². The Kier molecular flexibility index (Phi) is 9.98. The Bertz CT molecular complexity index is 1730. The largest absolute Gasteiger partial charge is 0.480 e. The molecular weight excluding hydrogens is 601 g/mol. The van der Waals surface area contributed by atoms with E-state index in [1.807, 2.05) is 31.2 Å². The van der Waals surface area contributed by atoms with Gasteiger partial charge in [0, 0.05) is 20.9 Å². The number of carboxylic acids is 1. The van der Waals surface area contributed by atoms with Crippen molar-refractivity contribution >= 4 is 27.9 Å². The Morgan fingerprint density at radius 1 is 0.907 bits per heavy atom. The molecule has 11 heteroatoms. The van der Waals surface area contributed by atoms with Crippen LogP contribution in [0.2, 0.25) is 0 Å². The van der Waals surface area contributed by atoms with Gasteiger partial charge in [-0.25, -0.2) is 4.79 Å². The van der Waals surface area contributed by atoms with Gasteiger partial charge in [0.05, 0.1) is 12.2 Å². The zero-order valence-corrected chi connectivity index (χ0v) is 24.6. The van der Waals surface area contributed by atoms with Crippen LogP contribution in [0.4, 0.5) is 13.2 Å². The molecule has 2 N–H and O–H groups in total. The summed E-state index contributed by atoms with van der Waals surface area (Å²) in [5.74, 6) is 5.28. The molecule has 0 heterocycles. The van der Waals surface area contributed by atoms with Gasteiger partial charge in [-0.05, 0) is 90.8 Å². The maximum Gasteiger partial charge on any atom is 0.416 e. The molecule has 0 radical (unpaired) electrons. The molecule has 222 valence electrons. The fourth-order valence-electron chi connectivity index (χ4n) is 3.85. The van der Waals surface area contributed by atoms with Crippen LogP contribution in [-0.4, -0.2) is 28.5 Å². The van der Waals surface area contributed by atoms with Gasteiger partial charge < -0.3 is 14.6 Å². The van der Waals surface area contributed by atoms with Crippen LogP contribution in [-0.2, 0) is 36.7 Å². The van der Waals surface area contributed by atoms with E-state index in [1.54, 1.807) is 24.3 Å². The highest BCUT2D eigenvalue weighted by Crippen LogP contribution is 2.36. The van der Waals surface area contributed by atoms with Gasteiger partial charge in [0.15, 0.2) is 4.90 Å². The zero-order valence-electron chi connectivity index (χ0n) is 23.0. The van der Waals surface area contributed by atoms with Crippen molar-refractivity contribution in [3.05, 3.63) is 113 Å². The van der Waals surface area contributed by atoms with Crippen molar-refractivity contribution < 1.29 is 41.3 Å². The van der Waals surface area contributed by atoms with Crippen LogP contribution < -0.4 is 4.74 Å². The van der Waals surface area contributed by atoms with E-state index in [0.717, 1.165) is 28.2 Å². The molecule has 0 fully saturated rings. The number of carbonyl (C=O) groups is 1. The van der Waals surface area contributed by atoms with Gasteiger partial charge in [-0.15, -0.1) is 0 Å². The number of ether oxygens (including phenoxy) is 2. The molecule has 1 unspecified atom stereocenters. The molecule has 0 saturated heterocycles. The van der Waals surface area contributed by atoms with Crippen molar-refractivity contribution in [2.24, 2.45) is 0 Å². The minimum Gasteiger partial charge on any atom is -0.480 e. The Labute approximate surface area is 252 Å². The van der Waals surface area contributed by atoms with Crippen LogP contribution in [0.15, 0.2) is 99.6 Å². The van der Waals surface area contributed by atoms with Crippen molar-refractivity contribution in [1.82, 2.24) is 0 Å². The number of carboxylic acid groups (broad SMARTS) is 1. The van der Waals surface area contributed by atoms with Gasteiger partial charge >= 0.3 is 12.1 Å². The standard InChI is InChI=1S/C32H25F3O6S2/c1-21-14-28(11-10-24(21)19-40-20-31(36)37)42-29-16-23(7-6-22-8-12-30(13-9-22)43(2,38)39)15-27(18-29)41-26-5-3-4-25(17-26)32(33,34)35/h3-5,8-18H,19-20H2,1-2H3,(H-,36,37,38,39)/p+1. The minimum absolute atomic E-state index is 0.0141. The van der Waals surface area contributed by atoms with Crippen LogP contribution in [0.25, 0.3) is 0 Å². The molecule has 4 aromatic carbocycles. The van der Waals surface area contributed by atoms with Gasteiger partial charge in [-0.1, -0.05) is 39.9 Å². The normalized spacial score (nSPS) is 12.6. The molecule has 1 atom stereocenters. The Hall–Kier alpha value is -4.08. The molecule has 4 rings (SSSR count). The van der Waals surface area contributed by atoms with E-state index in [1.165, 1.54) is 42.3 Å². The molecule has 43 heavy (non-hydrogen) atoms. The Morgan fingerprint density at radius 3 is 2.28 bits per heavy atom. The number of rotatable bonds is 9. The molecule has 4 aromatic rings. The number of alkyl halides is 3. The summed E-state index contributed by atoms with van der Waals surface area (Å²) < 4.78 is 72.4. The number of aryl methyl sites for hydroxylation is 1. The quantitative estimate of drug-likeness (QED) is 0.144. The van der Waals surface area contributed by atoms with Crippen molar-refractivity contribution in [3.63, 3.8) is 0 Å². The molecular formula is C32H26F3O6S2+. The van der Waals surface area contributed by atoms with Crippen molar-refractivity contribution in [2.45, 2.75) is 34.4 Å². The molecule has 0 saturated carbocycles. The number of benzene rings is 4. The van der Waals surface area contributed by atoms with E-state index in [4.69, 9.17) is 14.6 Å². The lowest BCUT2D eigenvalue weighted by Crippen LogP contribution is -2.07. The summed E-state index contributed by atoms with van der Waals surface area (Å²) in [6.07, 6.45) is -3.29. The van der Waals surface area contributed by atoms with Crippen molar-refractivity contribution in [3.8, 4) is 23.3 Å². The maximum atomic E-state index is 13.3. The number of hydrogen-bond donors (Lipinski definition) is 2. The fourth-order valence-corrected chi connectivity index (χ4v) is 5.49. The Balaban J connectivity index is 1.64. The topological polar surface area (TPSA) is 93.1 Å². The van der Waals surface area contributed by atoms with Crippen LogP contribution in [0.1, 0.15) is 27.8 Å². The fraction of sp³-hybridized carbons (Fsp3) is 0.156. The summed E-state index contributed by atoms with van der Waals surface area (Å²) in [7, 11) is -3.10. The third kappa shape index (κ3) is 9.46. The maximum absolute atomic E-state index is 13.3. The number of halogens is 3. The molecule has 0 aliphatic heterocycles. The highest BCUT2D eigenvalue weighted by atomic mass is 32.3. The highest BCUT2D eigenvalue weighted by Gasteiger charge is 2.30. The lowest BCUT2D eigenvalue weighted by atomic mass is 10.1. The predicted molar refractivity (Wildman–Crippen MR) is 158 cm³/mol. The third-order valence-electron chi connectivity index (χ3n) is 5.95. The predicted octanol–water partition coefficient (Wildman–Crippen LogP) is 7.92. The average Bonchev–Trinajstić information content (AvgIpc) is 2.92. The van der Waals surface area contributed by atoms with Gasteiger partial charge in [0.2, 0.25) is 10.2 Å². The summed E-state index contributed by atoms with van der Waals surface area (Å²) in [4.78, 5) is 12.6. The third-order valence-corrected chi connectivity index (χ3v) is 8.06. The first-order chi connectivity index (χ1) is 20.3. The highest BCUT2D eigenvalue weighted by molar-refractivity contribution is 7.99. The van der Waals surface area contributed by atoms with E-state index in [-0.39, 0.29) is 23.0 Å². The second-order valence-corrected chi connectivity index (χ2v) is 12.7.